The maximum Gasteiger partial charge on any atom is 0.240 e. The maximum absolute atomic E-state index is 13.5. The molecule has 1 saturated heterocycles. The minimum absolute atomic E-state index is 0. The number of rotatable bonds is 5. The van der Waals surface area contributed by atoms with Crippen LogP contribution >= 0.6 is 12.4 Å². The number of nitrogens with zero attached hydrogens (tertiary/aromatic N) is 3. The number of hydrogen-bond acceptors (Lipinski definition) is 5. The lowest BCUT2D eigenvalue weighted by Crippen LogP contribution is -2.45. The Labute approximate surface area is 148 Å². The first-order valence-electron chi connectivity index (χ1n) is 8.13. The minimum Gasteiger partial charge on any atom is -0.338 e. The lowest BCUT2D eigenvalue weighted by molar-refractivity contribution is 0.135. The fourth-order valence-electron chi connectivity index (χ4n) is 2.95. The van der Waals surface area contributed by atoms with E-state index in [1.54, 1.807) is 12.1 Å². The quantitative estimate of drug-likeness (QED) is 0.894. The highest BCUT2D eigenvalue weighted by atomic mass is 35.5. The summed E-state index contributed by atoms with van der Waals surface area (Å²) in [6.45, 7) is 7.41. The first-order valence-corrected chi connectivity index (χ1v) is 8.13. The number of piperazine rings is 1. The summed E-state index contributed by atoms with van der Waals surface area (Å²) in [7, 11) is 0. The molecule has 0 radical (unpaired) electrons. The molecule has 1 aromatic carbocycles. The molecule has 1 N–H and O–H groups in total. The fourth-order valence-corrected chi connectivity index (χ4v) is 2.95. The number of nitrogens with one attached hydrogen (secondary N) is 1. The summed E-state index contributed by atoms with van der Waals surface area (Å²) >= 11 is 0. The molecule has 1 aromatic heterocycles. The SMILES string of the molecule is CC(C)Cc1noc(CN2CCNCC2c2cccc(F)c2)n1.Cl. The zero-order chi connectivity index (χ0) is 16.2. The summed E-state index contributed by atoms with van der Waals surface area (Å²) in [6.07, 6.45) is 0.818. The van der Waals surface area contributed by atoms with Gasteiger partial charge in [-0.15, -0.1) is 12.4 Å². The Balaban J connectivity index is 0.00000208. The largest absolute Gasteiger partial charge is 0.338 e. The molecule has 132 valence electrons. The molecule has 3 rings (SSSR count). The highest BCUT2D eigenvalue weighted by Gasteiger charge is 2.25. The van der Waals surface area contributed by atoms with Gasteiger partial charge in [-0.2, -0.15) is 4.98 Å². The van der Waals surface area contributed by atoms with Crippen LogP contribution in [0.1, 0.15) is 37.2 Å². The molecule has 2 aromatic rings. The standard InChI is InChI=1S/C17H23FN4O.ClH/c1-12(2)8-16-20-17(23-21-16)11-22-7-6-19-10-15(22)13-4-3-5-14(18)9-13;/h3-5,9,12,15,19H,6-8,10-11H2,1-2H3;1H. The van der Waals surface area contributed by atoms with Crippen molar-refractivity contribution < 1.29 is 8.91 Å². The summed E-state index contributed by atoms with van der Waals surface area (Å²) in [5.74, 6) is 1.68. The first-order chi connectivity index (χ1) is 11.1. The van der Waals surface area contributed by atoms with Gasteiger partial charge in [-0.3, -0.25) is 4.90 Å². The summed E-state index contributed by atoms with van der Waals surface area (Å²) < 4.78 is 18.9. The molecule has 5 nitrogen and oxygen atoms in total. The lowest BCUT2D eigenvalue weighted by Gasteiger charge is -2.35. The minimum atomic E-state index is -0.204. The predicted molar refractivity (Wildman–Crippen MR) is 92.5 cm³/mol. The van der Waals surface area contributed by atoms with Crippen molar-refractivity contribution in [3.8, 4) is 0 Å². The second-order valence-electron chi connectivity index (χ2n) is 6.45. The van der Waals surface area contributed by atoms with Crippen LogP contribution in [-0.2, 0) is 13.0 Å². The first kappa shape index (κ1) is 18.8. The monoisotopic (exact) mass is 354 g/mol. The molecule has 1 aliphatic rings. The van der Waals surface area contributed by atoms with Crippen molar-refractivity contribution in [2.24, 2.45) is 5.92 Å². The van der Waals surface area contributed by atoms with Crippen LogP contribution in [0.3, 0.4) is 0 Å². The van der Waals surface area contributed by atoms with E-state index < -0.39 is 0 Å². The smallest absolute Gasteiger partial charge is 0.240 e. The second kappa shape index (κ2) is 8.55. The molecular formula is C17H24ClFN4O. The Bertz CT molecular complexity index is 649. The number of aromatic nitrogens is 2. The molecule has 0 spiro atoms. The second-order valence-corrected chi connectivity index (χ2v) is 6.45. The van der Waals surface area contributed by atoms with Crippen LogP contribution in [0.2, 0.25) is 0 Å². The maximum atomic E-state index is 13.5. The van der Waals surface area contributed by atoms with Gasteiger partial charge in [0.25, 0.3) is 0 Å². The third-order valence-corrected chi connectivity index (χ3v) is 4.03. The van der Waals surface area contributed by atoms with Crippen molar-refractivity contribution in [3.05, 3.63) is 47.4 Å². The van der Waals surface area contributed by atoms with Crippen LogP contribution in [-0.4, -0.2) is 34.7 Å². The van der Waals surface area contributed by atoms with Gasteiger partial charge in [-0.1, -0.05) is 31.1 Å². The van der Waals surface area contributed by atoms with Gasteiger partial charge in [-0.25, -0.2) is 4.39 Å². The van der Waals surface area contributed by atoms with Crippen molar-refractivity contribution in [1.82, 2.24) is 20.4 Å². The average Bonchev–Trinajstić information content (AvgIpc) is 2.94. The van der Waals surface area contributed by atoms with E-state index in [-0.39, 0.29) is 24.3 Å². The fraction of sp³-hybridized carbons (Fsp3) is 0.529. The average molecular weight is 355 g/mol. The van der Waals surface area contributed by atoms with Crippen LogP contribution in [0.4, 0.5) is 4.39 Å². The molecule has 7 heteroatoms. The topological polar surface area (TPSA) is 54.2 Å². The number of benzene rings is 1. The molecule has 1 atom stereocenters. The number of halogens is 2. The number of hydrogen-bond donors (Lipinski definition) is 1. The summed E-state index contributed by atoms with van der Waals surface area (Å²) in [5.41, 5.74) is 0.971. The zero-order valence-electron chi connectivity index (χ0n) is 14.0. The van der Waals surface area contributed by atoms with Gasteiger partial charge in [0.05, 0.1) is 6.54 Å². The van der Waals surface area contributed by atoms with Crippen LogP contribution in [0, 0.1) is 11.7 Å². The van der Waals surface area contributed by atoms with E-state index in [4.69, 9.17) is 4.52 Å². The third-order valence-electron chi connectivity index (χ3n) is 4.03. The molecule has 24 heavy (non-hydrogen) atoms. The molecule has 2 heterocycles. The third kappa shape index (κ3) is 4.75. The van der Waals surface area contributed by atoms with E-state index in [1.807, 2.05) is 6.07 Å². The van der Waals surface area contributed by atoms with Crippen molar-refractivity contribution in [1.29, 1.82) is 0 Å². The van der Waals surface area contributed by atoms with Gasteiger partial charge in [0.15, 0.2) is 5.82 Å². The Morgan fingerprint density at radius 3 is 3.00 bits per heavy atom. The van der Waals surface area contributed by atoms with Crippen molar-refractivity contribution >= 4 is 12.4 Å². The van der Waals surface area contributed by atoms with Gasteiger partial charge >= 0.3 is 0 Å². The van der Waals surface area contributed by atoms with E-state index >= 15 is 0 Å². The van der Waals surface area contributed by atoms with E-state index in [1.165, 1.54) is 6.07 Å². The zero-order valence-corrected chi connectivity index (χ0v) is 14.9. The van der Waals surface area contributed by atoms with Crippen LogP contribution < -0.4 is 5.32 Å². The van der Waals surface area contributed by atoms with E-state index in [0.717, 1.165) is 37.4 Å². The van der Waals surface area contributed by atoms with E-state index in [2.05, 4.69) is 34.2 Å². The Kier molecular flexibility index (Phi) is 6.71. The van der Waals surface area contributed by atoms with Crippen molar-refractivity contribution in [2.45, 2.75) is 32.9 Å². The Morgan fingerprint density at radius 2 is 2.25 bits per heavy atom. The van der Waals surface area contributed by atoms with E-state index in [0.29, 0.717) is 18.4 Å². The Morgan fingerprint density at radius 1 is 1.42 bits per heavy atom. The van der Waals surface area contributed by atoms with E-state index in [9.17, 15) is 4.39 Å². The van der Waals surface area contributed by atoms with Gasteiger partial charge < -0.3 is 9.84 Å². The molecule has 1 aliphatic heterocycles. The van der Waals surface area contributed by atoms with Gasteiger partial charge in [-0.05, 0) is 23.6 Å². The summed E-state index contributed by atoms with van der Waals surface area (Å²) in [4.78, 5) is 6.74. The molecule has 0 aliphatic carbocycles. The lowest BCUT2D eigenvalue weighted by atomic mass is 10.0. The van der Waals surface area contributed by atoms with Crippen molar-refractivity contribution in [3.63, 3.8) is 0 Å². The molecular weight excluding hydrogens is 331 g/mol. The molecule has 0 bridgehead atoms. The highest BCUT2D eigenvalue weighted by molar-refractivity contribution is 5.85. The van der Waals surface area contributed by atoms with Crippen molar-refractivity contribution in [2.75, 3.05) is 19.6 Å². The van der Waals surface area contributed by atoms with Gasteiger partial charge in [0.2, 0.25) is 5.89 Å². The molecule has 0 amide bonds. The normalized spacial score (nSPS) is 18.6. The molecule has 0 saturated carbocycles. The van der Waals surface area contributed by atoms with Gasteiger partial charge in [0, 0.05) is 32.1 Å². The predicted octanol–water partition coefficient (Wildman–Crippen LogP) is 2.98. The van der Waals surface area contributed by atoms with Crippen LogP contribution in [0.5, 0.6) is 0 Å². The molecule has 1 fully saturated rings. The summed E-state index contributed by atoms with van der Waals surface area (Å²) in [6, 6.07) is 6.90. The highest BCUT2D eigenvalue weighted by Crippen LogP contribution is 2.24. The van der Waals surface area contributed by atoms with Crippen LogP contribution in [0.25, 0.3) is 0 Å². The van der Waals surface area contributed by atoms with Gasteiger partial charge in [0.1, 0.15) is 5.82 Å². The summed E-state index contributed by atoms with van der Waals surface area (Å²) in [5, 5.41) is 7.41. The molecule has 1 unspecified atom stereocenters. The van der Waals surface area contributed by atoms with Crippen LogP contribution in [0.15, 0.2) is 28.8 Å². The Hall–Kier alpha value is -1.50.